The van der Waals surface area contributed by atoms with Crippen LogP contribution in [0.25, 0.3) is 0 Å². The molecule has 1 saturated heterocycles. The molecular weight excluding hydrogens is 450 g/mol. The van der Waals surface area contributed by atoms with Gasteiger partial charge in [-0.15, -0.1) is 0 Å². The topological polar surface area (TPSA) is 87.5 Å². The number of hydrogen-bond acceptors (Lipinski definition) is 5. The zero-order valence-electron chi connectivity index (χ0n) is 20.6. The Kier molecular flexibility index (Phi) is 7.62. The summed E-state index contributed by atoms with van der Waals surface area (Å²) in [7, 11) is -3.88. The first-order valence-corrected chi connectivity index (χ1v) is 13.9. The highest BCUT2D eigenvalue weighted by Crippen LogP contribution is 2.27. The van der Waals surface area contributed by atoms with E-state index in [2.05, 4.69) is 41.3 Å². The zero-order valence-corrected chi connectivity index (χ0v) is 21.4. The van der Waals surface area contributed by atoms with Crippen molar-refractivity contribution >= 4 is 21.6 Å². The van der Waals surface area contributed by atoms with E-state index in [0.717, 1.165) is 31.4 Å². The molecule has 4 rings (SSSR count). The highest BCUT2D eigenvalue weighted by atomic mass is 32.2. The van der Waals surface area contributed by atoms with Crippen LogP contribution >= 0.6 is 0 Å². The van der Waals surface area contributed by atoms with Crippen molar-refractivity contribution in [3.8, 4) is 0 Å². The zero-order chi connectivity index (χ0) is 24.3. The molecule has 2 aliphatic rings. The van der Waals surface area contributed by atoms with Gasteiger partial charge in [0, 0.05) is 50.6 Å². The van der Waals surface area contributed by atoms with Gasteiger partial charge in [-0.05, 0) is 50.8 Å². The number of carbonyl (C=O) groups is 1. The minimum absolute atomic E-state index is 0.0941. The van der Waals surface area contributed by atoms with E-state index in [-0.39, 0.29) is 22.5 Å². The summed E-state index contributed by atoms with van der Waals surface area (Å²) in [6, 6.07) is 6.31. The molecule has 0 radical (unpaired) electrons. The van der Waals surface area contributed by atoms with Gasteiger partial charge < -0.3 is 10.2 Å². The molecule has 8 nitrogen and oxygen atoms in total. The predicted octanol–water partition coefficient (Wildman–Crippen LogP) is 3.48. The minimum atomic E-state index is -3.88. The first-order chi connectivity index (χ1) is 16.3. The lowest BCUT2D eigenvalue weighted by atomic mass is 10.1. The number of rotatable bonds is 6. The Morgan fingerprint density at radius 2 is 1.74 bits per heavy atom. The van der Waals surface area contributed by atoms with E-state index < -0.39 is 10.0 Å². The number of carbonyl (C=O) groups excluding carboxylic acids is 1. The molecule has 0 unspecified atom stereocenters. The van der Waals surface area contributed by atoms with Crippen molar-refractivity contribution in [1.82, 2.24) is 19.4 Å². The monoisotopic (exact) mass is 487 g/mol. The summed E-state index contributed by atoms with van der Waals surface area (Å²) < 4.78 is 30.2. The number of hydrogen-bond donors (Lipinski definition) is 1. The summed E-state index contributed by atoms with van der Waals surface area (Å²) in [5.41, 5.74) is 3.75. The van der Waals surface area contributed by atoms with Gasteiger partial charge in [0.05, 0.1) is 5.56 Å². The molecule has 1 aromatic carbocycles. The highest BCUT2D eigenvalue weighted by Gasteiger charge is 2.35. The van der Waals surface area contributed by atoms with Crippen LogP contribution in [0.1, 0.15) is 66.9 Å². The summed E-state index contributed by atoms with van der Waals surface area (Å²) in [4.78, 5) is 15.4. The molecule has 9 heteroatoms. The van der Waals surface area contributed by atoms with Crippen LogP contribution in [-0.2, 0) is 16.6 Å². The van der Waals surface area contributed by atoms with Gasteiger partial charge in [0.25, 0.3) is 15.9 Å². The van der Waals surface area contributed by atoms with Crippen molar-refractivity contribution < 1.29 is 13.2 Å². The largest absolute Gasteiger partial charge is 0.369 e. The molecule has 0 spiro atoms. The summed E-state index contributed by atoms with van der Waals surface area (Å²) >= 11 is 0. The lowest BCUT2D eigenvalue weighted by molar-refractivity contribution is 0.0929. The van der Waals surface area contributed by atoms with Crippen LogP contribution in [0.2, 0.25) is 0 Å². The molecule has 1 amide bonds. The number of aromatic nitrogens is 2. The van der Waals surface area contributed by atoms with Crippen LogP contribution in [0, 0.1) is 13.8 Å². The average Bonchev–Trinajstić information content (AvgIpc) is 3.13. The van der Waals surface area contributed by atoms with Gasteiger partial charge in [-0.1, -0.05) is 37.8 Å². The van der Waals surface area contributed by atoms with Gasteiger partial charge in [0.1, 0.15) is 0 Å². The molecule has 0 atom stereocenters. The van der Waals surface area contributed by atoms with Gasteiger partial charge in [-0.2, -0.15) is 9.40 Å². The van der Waals surface area contributed by atoms with E-state index in [9.17, 15) is 13.2 Å². The Labute approximate surface area is 203 Å². The molecule has 1 N–H and O–H groups in total. The summed E-state index contributed by atoms with van der Waals surface area (Å²) in [6.45, 7) is 8.49. The smallest absolute Gasteiger partial charge is 0.263 e. The average molecular weight is 488 g/mol. The number of sulfonamides is 1. The SMILES string of the molecule is CCn1cc(C(=O)NC2CCCCCC2)c(S(=O)(=O)N2CCN(c3cccc(C)c3C)CC2)n1. The molecule has 1 aliphatic carbocycles. The van der Waals surface area contributed by atoms with Crippen molar-refractivity contribution in [2.24, 2.45) is 0 Å². The van der Waals surface area contributed by atoms with Gasteiger partial charge >= 0.3 is 0 Å². The van der Waals surface area contributed by atoms with E-state index in [0.29, 0.717) is 32.7 Å². The van der Waals surface area contributed by atoms with Gasteiger partial charge in [-0.3, -0.25) is 9.48 Å². The number of nitrogens with zero attached hydrogens (tertiary/aromatic N) is 4. The highest BCUT2D eigenvalue weighted by molar-refractivity contribution is 7.89. The fraction of sp³-hybridized carbons (Fsp3) is 0.600. The minimum Gasteiger partial charge on any atom is -0.369 e. The van der Waals surface area contributed by atoms with Crippen LogP contribution in [-0.4, -0.2) is 60.6 Å². The molecule has 34 heavy (non-hydrogen) atoms. The molecule has 1 aromatic heterocycles. The van der Waals surface area contributed by atoms with E-state index in [4.69, 9.17) is 0 Å². The second-order valence-corrected chi connectivity index (χ2v) is 11.3. The van der Waals surface area contributed by atoms with Crippen LogP contribution < -0.4 is 10.2 Å². The first kappa shape index (κ1) is 24.7. The summed E-state index contributed by atoms with van der Waals surface area (Å²) in [5, 5.41) is 7.28. The fourth-order valence-corrected chi connectivity index (χ4v) is 6.49. The maximum absolute atomic E-state index is 13.6. The van der Waals surface area contributed by atoms with E-state index in [1.807, 2.05) is 13.0 Å². The second kappa shape index (κ2) is 10.5. The Bertz CT molecular complexity index is 1110. The third-order valence-electron chi connectivity index (χ3n) is 7.23. The lowest BCUT2D eigenvalue weighted by Gasteiger charge is -2.36. The predicted molar refractivity (Wildman–Crippen MR) is 134 cm³/mol. The Morgan fingerprint density at radius 1 is 1.06 bits per heavy atom. The van der Waals surface area contributed by atoms with Gasteiger partial charge in [0.2, 0.25) is 5.03 Å². The summed E-state index contributed by atoms with van der Waals surface area (Å²) in [6.07, 6.45) is 8.02. The van der Waals surface area contributed by atoms with E-state index in [1.54, 1.807) is 10.9 Å². The molecule has 1 saturated carbocycles. The first-order valence-electron chi connectivity index (χ1n) is 12.5. The quantitative estimate of drug-likeness (QED) is 0.631. The molecular formula is C25H37N5O3S. The Morgan fingerprint density at radius 3 is 2.38 bits per heavy atom. The maximum Gasteiger partial charge on any atom is 0.263 e. The number of nitrogens with one attached hydrogen (secondary N) is 1. The number of benzene rings is 1. The van der Waals surface area contributed by atoms with Crippen LogP contribution in [0.15, 0.2) is 29.4 Å². The third-order valence-corrected chi connectivity index (χ3v) is 9.06. The fourth-order valence-electron chi connectivity index (χ4n) is 4.97. The molecule has 2 aromatic rings. The number of amides is 1. The Balaban J connectivity index is 1.51. The normalized spacial score (nSPS) is 18.6. The maximum atomic E-state index is 13.6. The van der Waals surface area contributed by atoms with Crippen molar-refractivity contribution in [2.45, 2.75) is 76.9 Å². The Hall–Kier alpha value is -2.39. The molecule has 1 aliphatic heterocycles. The van der Waals surface area contributed by atoms with Crippen LogP contribution in [0.5, 0.6) is 0 Å². The number of piperazine rings is 1. The molecule has 2 heterocycles. The van der Waals surface area contributed by atoms with E-state index in [1.165, 1.54) is 28.3 Å². The van der Waals surface area contributed by atoms with Gasteiger partial charge in [-0.25, -0.2) is 8.42 Å². The molecule has 2 fully saturated rings. The van der Waals surface area contributed by atoms with Crippen LogP contribution in [0.4, 0.5) is 5.69 Å². The van der Waals surface area contributed by atoms with Crippen molar-refractivity contribution in [3.63, 3.8) is 0 Å². The second-order valence-electron chi connectivity index (χ2n) is 9.48. The third kappa shape index (κ3) is 5.15. The van der Waals surface area contributed by atoms with Crippen LogP contribution in [0.3, 0.4) is 0 Å². The lowest BCUT2D eigenvalue weighted by Crippen LogP contribution is -2.49. The molecule has 186 valence electrons. The van der Waals surface area contributed by atoms with Crippen molar-refractivity contribution in [1.29, 1.82) is 0 Å². The standard InChI is InChI=1S/C25H37N5O3S/c1-4-29-18-22(24(31)26-21-11-7-5-6-8-12-21)25(27-29)34(32,33)30-16-14-28(15-17-30)23-13-9-10-19(2)20(23)3/h9-10,13,18,21H,4-8,11-12,14-17H2,1-3H3,(H,26,31). The van der Waals surface area contributed by atoms with Gasteiger partial charge in [0.15, 0.2) is 0 Å². The van der Waals surface area contributed by atoms with E-state index >= 15 is 0 Å². The number of anilines is 1. The number of aryl methyl sites for hydroxylation is 2. The summed E-state index contributed by atoms with van der Waals surface area (Å²) in [5.74, 6) is -0.334. The van der Waals surface area contributed by atoms with Crippen molar-refractivity contribution in [2.75, 3.05) is 31.1 Å². The molecule has 0 bridgehead atoms. The van der Waals surface area contributed by atoms with Crippen molar-refractivity contribution in [3.05, 3.63) is 41.1 Å².